The maximum absolute atomic E-state index is 13.0. The van der Waals surface area contributed by atoms with E-state index in [0.29, 0.717) is 5.56 Å². The normalized spacial score (nSPS) is 17.4. The maximum atomic E-state index is 13.0. The molecule has 1 aromatic heterocycles. The van der Waals surface area contributed by atoms with Crippen molar-refractivity contribution in [3.05, 3.63) is 62.9 Å². The lowest BCUT2D eigenvalue weighted by molar-refractivity contribution is -0.141. The predicted molar refractivity (Wildman–Crippen MR) is 98.4 cm³/mol. The van der Waals surface area contributed by atoms with Gasteiger partial charge in [0.1, 0.15) is 6.07 Å². The first kappa shape index (κ1) is 21.7. The molecule has 156 valence electrons. The Bertz CT molecular complexity index is 1070. The monoisotopic (exact) mass is 458 g/mol. The zero-order valence-electron chi connectivity index (χ0n) is 14.8. The number of amides is 2. The highest BCUT2D eigenvalue weighted by Gasteiger charge is 2.41. The van der Waals surface area contributed by atoms with Crippen molar-refractivity contribution in [2.45, 2.75) is 18.3 Å². The molecule has 12 heteroatoms. The van der Waals surface area contributed by atoms with Crippen LogP contribution in [0.1, 0.15) is 28.4 Å². The third kappa shape index (κ3) is 4.13. The number of halogens is 5. The molecule has 2 atom stereocenters. The van der Waals surface area contributed by atoms with E-state index < -0.39 is 41.0 Å². The highest BCUT2D eigenvalue weighted by molar-refractivity contribution is 6.32. The highest BCUT2D eigenvalue weighted by atomic mass is 35.5. The molecule has 0 saturated carbocycles. The van der Waals surface area contributed by atoms with E-state index in [9.17, 15) is 22.8 Å². The zero-order chi connectivity index (χ0) is 22.2. The van der Waals surface area contributed by atoms with E-state index in [1.54, 1.807) is 0 Å². The van der Waals surface area contributed by atoms with E-state index in [-0.39, 0.29) is 22.7 Å². The molecule has 1 aliphatic heterocycles. The minimum Gasteiger partial charge on any atom is -0.434 e. The van der Waals surface area contributed by atoms with Gasteiger partial charge in [0.25, 0.3) is 5.91 Å². The quantitative estimate of drug-likeness (QED) is 0.751. The molecular weight excluding hydrogens is 448 g/mol. The van der Waals surface area contributed by atoms with Crippen LogP contribution in [0.3, 0.4) is 0 Å². The number of pyridine rings is 1. The number of aromatic nitrogens is 1. The van der Waals surface area contributed by atoms with Crippen molar-refractivity contribution in [1.29, 1.82) is 5.26 Å². The molecule has 0 spiro atoms. The molecular formula is C18H11Cl2F3N4O3. The summed E-state index contributed by atoms with van der Waals surface area (Å²) in [6.07, 6.45) is -6.02. The number of primary amides is 1. The van der Waals surface area contributed by atoms with E-state index in [4.69, 9.17) is 38.9 Å². The Kier molecular flexibility index (Phi) is 5.78. The minimum absolute atomic E-state index is 0.0602. The van der Waals surface area contributed by atoms with Gasteiger partial charge in [-0.05, 0) is 29.3 Å². The predicted octanol–water partition coefficient (Wildman–Crippen LogP) is 3.67. The minimum atomic E-state index is -4.77. The number of nitrogens with zero attached hydrogens (tertiary/aromatic N) is 3. The molecule has 0 bridgehead atoms. The molecule has 1 saturated heterocycles. The summed E-state index contributed by atoms with van der Waals surface area (Å²) in [4.78, 5) is 28.3. The van der Waals surface area contributed by atoms with Crippen LogP contribution in [-0.2, 0) is 15.7 Å². The van der Waals surface area contributed by atoms with Crippen LogP contribution in [0.5, 0.6) is 0 Å². The smallest absolute Gasteiger partial charge is 0.434 e. The van der Waals surface area contributed by atoms with Crippen molar-refractivity contribution >= 4 is 35.2 Å². The number of rotatable bonds is 4. The number of carbonyl (C=O) groups is 2. The van der Waals surface area contributed by atoms with Gasteiger partial charge < -0.3 is 10.5 Å². The second-order valence-electron chi connectivity index (χ2n) is 6.28. The molecule has 2 aromatic rings. The summed E-state index contributed by atoms with van der Waals surface area (Å²) in [5.74, 6) is -0.883. The first-order chi connectivity index (χ1) is 14.0. The number of benzene rings is 1. The van der Waals surface area contributed by atoms with Crippen LogP contribution < -0.4 is 5.73 Å². The summed E-state index contributed by atoms with van der Waals surface area (Å²) >= 11 is 11.9. The molecule has 7 nitrogen and oxygen atoms in total. The van der Waals surface area contributed by atoms with E-state index >= 15 is 0 Å². The van der Waals surface area contributed by atoms with Crippen LogP contribution in [0, 0.1) is 11.3 Å². The summed E-state index contributed by atoms with van der Waals surface area (Å²) in [5, 5.41) is 8.44. The number of nitrogens with two attached hydrogens (primary N) is 1. The fourth-order valence-electron chi connectivity index (χ4n) is 2.99. The summed E-state index contributed by atoms with van der Waals surface area (Å²) in [5.41, 5.74) is 4.50. The van der Waals surface area contributed by atoms with E-state index in [1.807, 2.05) is 6.07 Å². The van der Waals surface area contributed by atoms with Gasteiger partial charge in [-0.3, -0.25) is 9.69 Å². The summed E-state index contributed by atoms with van der Waals surface area (Å²) < 4.78 is 44.0. The average molecular weight is 459 g/mol. The van der Waals surface area contributed by atoms with Gasteiger partial charge in [-0.15, -0.1) is 0 Å². The van der Waals surface area contributed by atoms with Crippen LogP contribution in [0.15, 0.2) is 30.5 Å². The number of hydrogen-bond acceptors (Lipinski definition) is 5. The summed E-state index contributed by atoms with van der Waals surface area (Å²) in [6, 6.07) is 6.06. The van der Waals surface area contributed by atoms with Crippen LogP contribution >= 0.6 is 23.2 Å². The molecule has 2 heterocycles. The van der Waals surface area contributed by atoms with Crippen molar-refractivity contribution in [2.75, 3.05) is 6.54 Å². The lowest BCUT2D eigenvalue weighted by atomic mass is 9.97. The Hall–Kier alpha value is -3.03. The van der Waals surface area contributed by atoms with Gasteiger partial charge in [0.05, 0.1) is 28.2 Å². The van der Waals surface area contributed by atoms with E-state index in [1.165, 1.54) is 18.2 Å². The third-order valence-electron chi connectivity index (χ3n) is 4.35. The number of carbonyl (C=O) groups excluding carboxylic acids is 2. The molecule has 0 radical (unpaired) electrons. The lowest BCUT2D eigenvalue weighted by Gasteiger charge is -2.27. The molecule has 1 aromatic carbocycles. The van der Waals surface area contributed by atoms with Crippen LogP contribution in [-0.4, -0.2) is 34.5 Å². The largest absolute Gasteiger partial charge is 0.434 e. The standard InChI is InChI=1S/C18H11Cl2F3N4O3/c19-11-3-8(1-2-9(11)5-24)14(27-7-13(16(25)28)30-17(27)29)10-4-12(20)15(26-6-10)18(21,22)23/h1-4,6,13-14H,7H2,(H2,25,28)/t13?,14-/m1/s1. The third-order valence-corrected chi connectivity index (χ3v) is 4.95. The van der Waals surface area contributed by atoms with Gasteiger partial charge in [-0.2, -0.15) is 18.4 Å². The van der Waals surface area contributed by atoms with Crippen molar-refractivity contribution in [2.24, 2.45) is 5.73 Å². The number of cyclic esters (lactones) is 1. The van der Waals surface area contributed by atoms with Gasteiger partial charge in [0.2, 0.25) is 0 Å². The van der Waals surface area contributed by atoms with Gasteiger partial charge in [0, 0.05) is 6.20 Å². The number of alkyl halides is 3. The SMILES string of the molecule is N#Cc1ccc([C@H](c2cnc(C(F)(F)F)c(Cl)c2)N2CC(C(N)=O)OC2=O)cc1Cl. The second-order valence-corrected chi connectivity index (χ2v) is 7.09. The zero-order valence-corrected chi connectivity index (χ0v) is 16.3. The van der Waals surface area contributed by atoms with Gasteiger partial charge >= 0.3 is 12.3 Å². The first-order valence-corrected chi connectivity index (χ1v) is 8.97. The average Bonchev–Trinajstić information content (AvgIpc) is 3.03. The fraction of sp³-hybridized carbons (Fsp3) is 0.222. The summed E-state index contributed by atoms with van der Waals surface area (Å²) in [7, 11) is 0. The van der Waals surface area contributed by atoms with Gasteiger partial charge in [0.15, 0.2) is 11.8 Å². The number of hydrogen-bond donors (Lipinski definition) is 1. The fourth-order valence-corrected chi connectivity index (χ4v) is 3.51. The van der Waals surface area contributed by atoms with Gasteiger partial charge in [-0.25, -0.2) is 9.78 Å². The molecule has 2 N–H and O–H groups in total. The number of nitriles is 1. The molecule has 0 aliphatic carbocycles. The first-order valence-electron chi connectivity index (χ1n) is 8.21. The second kappa shape index (κ2) is 8.01. The van der Waals surface area contributed by atoms with E-state index in [0.717, 1.165) is 17.2 Å². The molecule has 1 unspecified atom stereocenters. The van der Waals surface area contributed by atoms with E-state index in [2.05, 4.69) is 4.98 Å². The van der Waals surface area contributed by atoms with Crippen molar-refractivity contribution < 1.29 is 27.5 Å². The Morgan fingerprint density at radius 1 is 1.30 bits per heavy atom. The van der Waals surface area contributed by atoms with Crippen LogP contribution in [0.4, 0.5) is 18.0 Å². The Morgan fingerprint density at radius 3 is 2.47 bits per heavy atom. The summed E-state index contributed by atoms with van der Waals surface area (Å²) in [6.45, 7) is -0.255. The Labute approximate surface area is 177 Å². The molecule has 30 heavy (non-hydrogen) atoms. The van der Waals surface area contributed by atoms with Crippen molar-refractivity contribution in [3.63, 3.8) is 0 Å². The maximum Gasteiger partial charge on any atom is 0.434 e. The molecule has 1 fully saturated rings. The molecule has 3 rings (SSSR count). The lowest BCUT2D eigenvalue weighted by Crippen LogP contribution is -2.35. The topological polar surface area (TPSA) is 109 Å². The molecule has 2 amide bonds. The number of ether oxygens (including phenoxy) is 1. The van der Waals surface area contributed by atoms with Crippen molar-refractivity contribution in [1.82, 2.24) is 9.88 Å². The van der Waals surface area contributed by atoms with Crippen LogP contribution in [0.25, 0.3) is 0 Å². The van der Waals surface area contributed by atoms with Crippen LogP contribution in [0.2, 0.25) is 10.0 Å². The van der Waals surface area contributed by atoms with Crippen molar-refractivity contribution in [3.8, 4) is 6.07 Å². The van der Waals surface area contributed by atoms with Gasteiger partial charge in [-0.1, -0.05) is 29.3 Å². The Balaban J connectivity index is 2.12. The highest BCUT2D eigenvalue weighted by Crippen LogP contribution is 2.38. The Morgan fingerprint density at radius 2 is 1.97 bits per heavy atom. The molecule has 1 aliphatic rings.